The summed E-state index contributed by atoms with van der Waals surface area (Å²) < 4.78 is 0. The van der Waals surface area contributed by atoms with Crippen LogP contribution in [-0.4, -0.2) is 4.98 Å². The third-order valence-corrected chi connectivity index (χ3v) is 4.83. The Bertz CT molecular complexity index is 388. The van der Waals surface area contributed by atoms with Gasteiger partial charge < -0.3 is 5.73 Å². The minimum atomic E-state index is 0.192. The summed E-state index contributed by atoms with van der Waals surface area (Å²) in [7, 11) is 0. The minimum Gasteiger partial charge on any atom is -0.324 e. The van der Waals surface area contributed by atoms with E-state index in [0.29, 0.717) is 5.92 Å². The summed E-state index contributed by atoms with van der Waals surface area (Å²) in [6.45, 7) is 6.92. The molecule has 4 atom stereocenters. The van der Waals surface area contributed by atoms with Gasteiger partial charge in [-0.25, -0.2) is 0 Å². The number of hydrogen-bond acceptors (Lipinski definition) is 2. The van der Waals surface area contributed by atoms with Crippen LogP contribution < -0.4 is 5.73 Å². The third-order valence-electron chi connectivity index (χ3n) is 4.83. The lowest BCUT2D eigenvalue weighted by molar-refractivity contribution is 0.185. The molecule has 1 aromatic rings. The van der Waals surface area contributed by atoms with E-state index in [4.69, 9.17) is 5.73 Å². The lowest BCUT2D eigenvalue weighted by atomic mass is 9.72. The molecule has 0 saturated heterocycles. The van der Waals surface area contributed by atoms with Crippen LogP contribution in [0.1, 0.15) is 57.2 Å². The van der Waals surface area contributed by atoms with Gasteiger partial charge in [0.2, 0.25) is 0 Å². The zero-order valence-corrected chi connectivity index (χ0v) is 11.9. The lowest BCUT2D eigenvalue weighted by Gasteiger charge is -2.35. The molecule has 1 heterocycles. The first-order chi connectivity index (χ1) is 8.63. The highest BCUT2D eigenvalue weighted by Crippen LogP contribution is 2.39. The van der Waals surface area contributed by atoms with Crippen molar-refractivity contribution in [3.63, 3.8) is 0 Å². The average molecular weight is 246 g/mol. The van der Waals surface area contributed by atoms with E-state index in [1.165, 1.54) is 30.4 Å². The van der Waals surface area contributed by atoms with Crippen molar-refractivity contribution in [1.82, 2.24) is 4.98 Å². The molecule has 0 aliphatic heterocycles. The summed E-state index contributed by atoms with van der Waals surface area (Å²) in [5.41, 5.74) is 9.16. The van der Waals surface area contributed by atoms with Gasteiger partial charge in [0.15, 0.2) is 0 Å². The predicted molar refractivity (Wildman–Crippen MR) is 76.2 cm³/mol. The van der Waals surface area contributed by atoms with Crippen molar-refractivity contribution in [1.29, 1.82) is 0 Å². The first-order valence-corrected chi connectivity index (χ1v) is 7.31. The number of hydrogen-bond donors (Lipinski definition) is 1. The quantitative estimate of drug-likeness (QED) is 0.883. The Morgan fingerprint density at radius 3 is 2.78 bits per heavy atom. The number of rotatable bonds is 3. The van der Waals surface area contributed by atoms with Gasteiger partial charge in [0.1, 0.15) is 0 Å². The van der Waals surface area contributed by atoms with Gasteiger partial charge in [0.05, 0.1) is 0 Å². The first kappa shape index (κ1) is 13.5. The predicted octanol–water partition coefficient (Wildman–Crippen LogP) is 3.72. The summed E-state index contributed by atoms with van der Waals surface area (Å²) >= 11 is 0. The van der Waals surface area contributed by atoms with Gasteiger partial charge in [-0.05, 0) is 54.2 Å². The molecule has 0 amide bonds. The number of aromatic nitrogens is 1. The molecule has 1 aromatic heterocycles. The molecular weight excluding hydrogens is 220 g/mol. The van der Waals surface area contributed by atoms with Crippen LogP contribution in [0, 0.1) is 17.8 Å². The van der Waals surface area contributed by atoms with Crippen molar-refractivity contribution in [2.75, 3.05) is 0 Å². The monoisotopic (exact) mass is 246 g/mol. The molecule has 1 fully saturated rings. The second kappa shape index (κ2) is 5.83. The number of aryl methyl sites for hydroxylation is 1. The van der Waals surface area contributed by atoms with E-state index < -0.39 is 0 Å². The average Bonchev–Trinajstić information content (AvgIpc) is 2.41. The Kier molecular flexibility index (Phi) is 4.39. The van der Waals surface area contributed by atoms with E-state index in [0.717, 1.165) is 18.3 Å². The Labute approximate surface area is 111 Å². The van der Waals surface area contributed by atoms with Gasteiger partial charge in [-0.2, -0.15) is 0 Å². The standard InChI is InChI=1S/C16H26N2/c1-4-13-10-18-8-7-15(13)16(17)14-6-5-11(2)12(3)9-14/h7-8,10-12,14,16H,4-6,9,17H2,1-3H3. The normalized spacial score (nSPS) is 30.1. The summed E-state index contributed by atoms with van der Waals surface area (Å²) in [6.07, 6.45) is 8.75. The molecule has 2 N–H and O–H groups in total. The zero-order chi connectivity index (χ0) is 13.1. The van der Waals surface area contributed by atoms with E-state index in [-0.39, 0.29) is 6.04 Å². The Hall–Kier alpha value is -0.890. The van der Waals surface area contributed by atoms with Crippen LogP contribution in [0.15, 0.2) is 18.5 Å². The van der Waals surface area contributed by atoms with Crippen molar-refractivity contribution in [2.24, 2.45) is 23.5 Å². The summed E-state index contributed by atoms with van der Waals surface area (Å²) in [5.74, 6) is 2.31. The molecule has 18 heavy (non-hydrogen) atoms. The fraction of sp³-hybridized carbons (Fsp3) is 0.688. The van der Waals surface area contributed by atoms with E-state index >= 15 is 0 Å². The van der Waals surface area contributed by atoms with Gasteiger partial charge in [-0.1, -0.05) is 27.2 Å². The maximum absolute atomic E-state index is 6.53. The van der Waals surface area contributed by atoms with Crippen LogP contribution in [0.3, 0.4) is 0 Å². The van der Waals surface area contributed by atoms with Crippen LogP contribution >= 0.6 is 0 Å². The van der Waals surface area contributed by atoms with E-state index in [9.17, 15) is 0 Å². The van der Waals surface area contributed by atoms with Crippen LogP contribution in [0.2, 0.25) is 0 Å². The number of nitrogens with zero attached hydrogens (tertiary/aromatic N) is 1. The molecule has 1 saturated carbocycles. The Balaban J connectivity index is 2.13. The number of nitrogens with two attached hydrogens (primary N) is 1. The fourth-order valence-electron chi connectivity index (χ4n) is 3.23. The van der Waals surface area contributed by atoms with Crippen molar-refractivity contribution >= 4 is 0 Å². The zero-order valence-electron chi connectivity index (χ0n) is 11.9. The van der Waals surface area contributed by atoms with Crippen molar-refractivity contribution in [3.8, 4) is 0 Å². The Morgan fingerprint density at radius 2 is 2.11 bits per heavy atom. The van der Waals surface area contributed by atoms with E-state index in [2.05, 4.69) is 31.8 Å². The Morgan fingerprint density at radius 1 is 1.33 bits per heavy atom. The highest BCUT2D eigenvalue weighted by atomic mass is 14.7. The molecular formula is C16H26N2. The molecule has 4 unspecified atom stereocenters. The molecule has 1 aliphatic carbocycles. The maximum atomic E-state index is 6.53. The molecule has 0 radical (unpaired) electrons. The van der Waals surface area contributed by atoms with Gasteiger partial charge in [0.25, 0.3) is 0 Å². The van der Waals surface area contributed by atoms with E-state index in [1.807, 2.05) is 12.4 Å². The molecule has 0 spiro atoms. The van der Waals surface area contributed by atoms with Crippen LogP contribution in [0.25, 0.3) is 0 Å². The van der Waals surface area contributed by atoms with Crippen LogP contribution in [0.4, 0.5) is 0 Å². The number of pyridine rings is 1. The lowest BCUT2D eigenvalue weighted by Crippen LogP contribution is -2.30. The maximum Gasteiger partial charge on any atom is 0.0327 e. The molecule has 2 rings (SSSR count). The van der Waals surface area contributed by atoms with Gasteiger partial charge in [0, 0.05) is 18.4 Å². The highest BCUT2D eigenvalue weighted by Gasteiger charge is 2.29. The smallest absolute Gasteiger partial charge is 0.0327 e. The van der Waals surface area contributed by atoms with Crippen molar-refractivity contribution in [3.05, 3.63) is 29.6 Å². The minimum absolute atomic E-state index is 0.192. The molecule has 100 valence electrons. The fourth-order valence-corrected chi connectivity index (χ4v) is 3.23. The molecule has 0 aromatic carbocycles. The summed E-state index contributed by atoms with van der Waals surface area (Å²) in [6, 6.07) is 2.31. The third kappa shape index (κ3) is 2.74. The van der Waals surface area contributed by atoms with E-state index in [1.54, 1.807) is 0 Å². The van der Waals surface area contributed by atoms with Crippen LogP contribution in [0.5, 0.6) is 0 Å². The molecule has 1 aliphatic rings. The molecule has 0 bridgehead atoms. The largest absolute Gasteiger partial charge is 0.324 e. The van der Waals surface area contributed by atoms with Crippen LogP contribution in [-0.2, 0) is 6.42 Å². The topological polar surface area (TPSA) is 38.9 Å². The first-order valence-electron chi connectivity index (χ1n) is 7.31. The summed E-state index contributed by atoms with van der Waals surface area (Å²) in [5, 5.41) is 0. The van der Waals surface area contributed by atoms with Gasteiger partial charge >= 0.3 is 0 Å². The highest BCUT2D eigenvalue weighted by molar-refractivity contribution is 5.27. The second-order valence-corrected chi connectivity index (χ2v) is 5.98. The van der Waals surface area contributed by atoms with Crippen molar-refractivity contribution < 1.29 is 0 Å². The SMILES string of the molecule is CCc1cnccc1C(N)C1CCC(C)C(C)C1. The van der Waals surface area contributed by atoms with Gasteiger partial charge in [-0.15, -0.1) is 0 Å². The molecule has 2 heteroatoms. The van der Waals surface area contributed by atoms with Crippen molar-refractivity contribution in [2.45, 2.75) is 52.5 Å². The summed E-state index contributed by atoms with van der Waals surface area (Å²) in [4.78, 5) is 4.22. The second-order valence-electron chi connectivity index (χ2n) is 5.98. The molecule has 2 nitrogen and oxygen atoms in total. The van der Waals surface area contributed by atoms with Gasteiger partial charge in [-0.3, -0.25) is 4.98 Å².